The van der Waals surface area contributed by atoms with Crippen LogP contribution < -0.4 is 9.80 Å². The largest absolute Gasteiger partial charge is 0.503 e. The minimum absolute atomic E-state index is 0.0382. The Morgan fingerprint density at radius 2 is 1.72 bits per heavy atom. The zero-order valence-corrected chi connectivity index (χ0v) is 17.5. The van der Waals surface area contributed by atoms with Gasteiger partial charge >= 0.3 is 0 Å². The van der Waals surface area contributed by atoms with Gasteiger partial charge in [-0.05, 0) is 67.8 Å². The minimum atomic E-state index is -0.859. The highest BCUT2D eigenvalue weighted by Gasteiger charge is 2.45. The molecule has 3 aromatic rings. The first-order chi connectivity index (χ1) is 15.6. The second-order valence-electron chi connectivity index (χ2n) is 7.97. The summed E-state index contributed by atoms with van der Waals surface area (Å²) in [5.41, 5.74) is 2.13. The predicted octanol–water partition coefficient (Wildman–Crippen LogP) is 4.45. The molecule has 0 spiro atoms. The molecule has 2 aliphatic heterocycles. The maximum atomic E-state index is 13.2. The van der Waals surface area contributed by atoms with E-state index in [2.05, 4.69) is 9.88 Å². The lowest BCUT2D eigenvalue weighted by Gasteiger charge is -2.30. The van der Waals surface area contributed by atoms with Crippen molar-refractivity contribution in [3.05, 3.63) is 89.8 Å². The molecule has 1 fully saturated rings. The third-order valence-electron chi connectivity index (χ3n) is 6.01. The van der Waals surface area contributed by atoms with Gasteiger partial charge in [0.2, 0.25) is 5.78 Å². The number of aromatic nitrogens is 1. The lowest BCUT2D eigenvalue weighted by atomic mass is 9.98. The Kier molecular flexibility index (Phi) is 5.23. The Morgan fingerprint density at radius 1 is 0.969 bits per heavy atom. The number of rotatable bonds is 5. The Bertz CT molecular complexity index is 1150. The molecule has 5 rings (SSSR count). The van der Waals surface area contributed by atoms with Crippen LogP contribution in [0.5, 0.6) is 0 Å². The molecule has 1 unspecified atom stereocenters. The summed E-state index contributed by atoms with van der Waals surface area (Å²) in [6, 6.07) is 15.2. The number of carbonyl (C=O) groups excluding carboxylic acids is 2. The van der Waals surface area contributed by atoms with E-state index in [1.807, 2.05) is 24.3 Å². The molecule has 1 atom stereocenters. The van der Waals surface area contributed by atoms with Crippen LogP contribution in [0.25, 0.3) is 0 Å². The molecule has 7 nitrogen and oxygen atoms in total. The quantitative estimate of drug-likeness (QED) is 0.603. The third-order valence-corrected chi connectivity index (χ3v) is 6.01. The van der Waals surface area contributed by atoms with Crippen LogP contribution in [0.15, 0.2) is 82.8 Å². The number of aliphatic hydroxyl groups is 1. The van der Waals surface area contributed by atoms with Crippen LogP contribution >= 0.6 is 0 Å². The van der Waals surface area contributed by atoms with E-state index in [0.717, 1.165) is 18.8 Å². The Hall–Kier alpha value is -3.87. The van der Waals surface area contributed by atoms with Gasteiger partial charge in [-0.1, -0.05) is 6.07 Å². The minimum Gasteiger partial charge on any atom is -0.503 e. The fourth-order valence-corrected chi connectivity index (χ4v) is 4.44. The van der Waals surface area contributed by atoms with Crippen molar-refractivity contribution in [2.24, 2.45) is 0 Å². The Labute approximate surface area is 185 Å². The standard InChI is InChI=1S/C25H23N3O4/c29-23(20-8-6-16-32-20)21-22(19-7-2-3-13-26-19)28(25(31)24(21)30)18-11-9-17(10-12-18)27-14-4-1-5-15-27/h2-3,6-13,16,22,30H,1,4-5,14-15H2. The molecule has 4 heterocycles. The molecule has 0 saturated carbocycles. The van der Waals surface area contributed by atoms with Crippen LogP contribution in [0.3, 0.4) is 0 Å². The van der Waals surface area contributed by atoms with E-state index in [9.17, 15) is 14.7 Å². The van der Waals surface area contributed by atoms with Gasteiger partial charge in [-0.2, -0.15) is 0 Å². The average Bonchev–Trinajstić information content (AvgIpc) is 3.47. The molecule has 1 aromatic carbocycles. The molecule has 162 valence electrons. The maximum Gasteiger partial charge on any atom is 0.294 e. The zero-order valence-electron chi connectivity index (χ0n) is 17.5. The lowest BCUT2D eigenvalue weighted by molar-refractivity contribution is -0.117. The van der Waals surface area contributed by atoms with Gasteiger partial charge in [0.1, 0.15) is 6.04 Å². The molecule has 0 bridgehead atoms. The molecule has 1 amide bonds. The first kappa shape index (κ1) is 20.1. The van der Waals surface area contributed by atoms with E-state index in [1.54, 1.807) is 30.5 Å². The van der Waals surface area contributed by atoms with Crippen LogP contribution in [-0.2, 0) is 4.79 Å². The molecular formula is C25H23N3O4. The van der Waals surface area contributed by atoms with Gasteiger partial charge in [-0.15, -0.1) is 0 Å². The van der Waals surface area contributed by atoms with Gasteiger partial charge in [0.05, 0.1) is 17.5 Å². The Balaban J connectivity index is 1.54. The molecule has 0 radical (unpaired) electrons. The van der Waals surface area contributed by atoms with E-state index < -0.39 is 23.5 Å². The first-order valence-electron chi connectivity index (χ1n) is 10.8. The molecule has 1 saturated heterocycles. The highest BCUT2D eigenvalue weighted by Crippen LogP contribution is 2.41. The van der Waals surface area contributed by atoms with Crippen LogP contribution in [0.2, 0.25) is 0 Å². The van der Waals surface area contributed by atoms with Gasteiger partial charge in [-0.25, -0.2) is 0 Å². The van der Waals surface area contributed by atoms with Crippen LogP contribution in [-0.4, -0.2) is 34.9 Å². The highest BCUT2D eigenvalue weighted by atomic mass is 16.3. The summed E-state index contributed by atoms with van der Waals surface area (Å²) < 4.78 is 5.25. The van der Waals surface area contributed by atoms with E-state index in [-0.39, 0.29) is 11.3 Å². The highest BCUT2D eigenvalue weighted by molar-refractivity contribution is 6.20. The first-order valence-corrected chi connectivity index (χ1v) is 10.8. The summed E-state index contributed by atoms with van der Waals surface area (Å²) in [6.07, 6.45) is 6.57. The molecule has 2 aliphatic rings. The number of amides is 1. The normalized spacial score (nSPS) is 19.0. The van der Waals surface area contributed by atoms with Crippen molar-refractivity contribution in [3.63, 3.8) is 0 Å². The molecule has 2 aromatic heterocycles. The lowest BCUT2D eigenvalue weighted by Crippen LogP contribution is -2.32. The third kappa shape index (κ3) is 3.45. The van der Waals surface area contributed by atoms with Gasteiger partial charge in [0, 0.05) is 30.7 Å². The van der Waals surface area contributed by atoms with Gasteiger partial charge in [-0.3, -0.25) is 19.5 Å². The molecule has 0 aliphatic carbocycles. The zero-order chi connectivity index (χ0) is 22.1. The number of nitrogens with zero attached hydrogens (tertiary/aromatic N) is 3. The number of aliphatic hydroxyl groups excluding tert-OH is 1. The Morgan fingerprint density at radius 3 is 2.38 bits per heavy atom. The maximum absolute atomic E-state index is 13.2. The monoisotopic (exact) mass is 429 g/mol. The molecule has 1 N–H and O–H groups in total. The summed E-state index contributed by atoms with van der Waals surface area (Å²) >= 11 is 0. The summed E-state index contributed by atoms with van der Waals surface area (Å²) in [7, 11) is 0. The van der Waals surface area contributed by atoms with Gasteiger partial charge < -0.3 is 14.4 Å². The summed E-state index contributed by atoms with van der Waals surface area (Å²) in [5, 5.41) is 10.7. The van der Waals surface area contributed by atoms with Crippen molar-refractivity contribution in [2.45, 2.75) is 25.3 Å². The number of hydrogen-bond donors (Lipinski definition) is 1. The van der Waals surface area contributed by atoms with Crippen molar-refractivity contribution >= 4 is 23.1 Å². The smallest absolute Gasteiger partial charge is 0.294 e. The number of hydrogen-bond acceptors (Lipinski definition) is 6. The second kappa shape index (κ2) is 8.34. The molecular weight excluding hydrogens is 406 g/mol. The summed E-state index contributed by atoms with van der Waals surface area (Å²) in [4.78, 5) is 34.5. The van der Waals surface area contributed by atoms with Gasteiger partial charge in [0.15, 0.2) is 11.5 Å². The number of anilines is 2. The van der Waals surface area contributed by atoms with E-state index in [0.29, 0.717) is 11.4 Å². The second-order valence-corrected chi connectivity index (χ2v) is 7.97. The van der Waals surface area contributed by atoms with Crippen LogP contribution in [0.1, 0.15) is 41.6 Å². The molecule has 7 heteroatoms. The van der Waals surface area contributed by atoms with E-state index in [1.165, 1.54) is 36.5 Å². The van der Waals surface area contributed by atoms with Crippen molar-refractivity contribution < 1.29 is 19.1 Å². The number of ketones is 1. The van der Waals surface area contributed by atoms with Crippen molar-refractivity contribution in [2.75, 3.05) is 22.9 Å². The SMILES string of the molecule is O=C(C1=C(O)C(=O)N(c2ccc(N3CCCCC3)cc2)C1c1ccccn1)c1ccco1. The molecule has 32 heavy (non-hydrogen) atoms. The van der Waals surface area contributed by atoms with Crippen LogP contribution in [0, 0.1) is 0 Å². The van der Waals surface area contributed by atoms with Crippen LogP contribution in [0.4, 0.5) is 11.4 Å². The number of carbonyl (C=O) groups is 2. The van der Waals surface area contributed by atoms with E-state index in [4.69, 9.17) is 4.42 Å². The summed E-state index contributed by atoms with van der Waals surface area (Å²) in [5.74, 6) is -1.70. The number of furan rings is 1. The fourth-order valence-electron chi connectivity index (χ4n) is 4.44. The predicted molar refractivity (Wildman–Crippen MR) is 120 cm³/mol. The van der Waals surface area contributed by atoms with Crippen molar-refractivity contribution in [3.8, 4) is 0 Å². The number of Topliss-reactive ketones (excluding diaryl/α,β-unsaturated/α-hetero) is 1. The number of benzene rings is 1. The van der Waals surface area contributed by atoms with Crippen molar-refractivity contribution in [1.82, 2.24) is 4.98 Å². The topological polar surface area (TPSA) is 86.9 Å². The van der Waals surface area contributed by atoms with Gasteiger partial charge in [0.25, 0.3) is 5.91 Å². The van der Waals surface area contributed by atoms with E-state index >= 15 is 0 Å². The fraction of sp³-hybridized carbons (Fsp3) is 0.240. The van der Waals surface area contributed by atoms with Crippen molar-refractivity contribution in [1.29, 1.82) is 0 Å². The number of piperidine rings is 1. The number of pyridine rings is 1. The average molecular weight is 429 g/mol. The summed E-state index contributed by atoms with van der Waals surface area (Å²) in [6.45, 7) is 2.03.